The Balaban J connectivity index is 4.47. The minimum atomic E-state index is -0.0811. The van der Waals surface area contributed by atoms with Gasteiger partial charge in [-0.1, -0.05) is 20.8 Å². The van der Waals surface area contributed by atoms with Crippen LogP contribution in [-0.4, -0.2) is 30.6 Å². The molecular formula is C11H26N2. The smallest absolute Gasteiger partial charge is 0.0155 e. The van der Waals surface area contributed by atoms with E-state index in [4.69, 9.17) is 5.73 Å². The van der Waals surface area contributed by atoms with Crippen molar-refractivity contribution in [2.45, 2.75) is 52.6 Å². The van der Waals surface area contributed by atoms with E-state index in [0.717, 1.165) is 6.42 Å². The molecule has 1 unspecified atom stereocenters. The van der Waals surface area contributed by atoms with Crippen LogP contribution in [0.4, 0.5) is 0 Å². The Hall–Kier alpha value is -0.0800. The van der Waals surface area contributed by atoms with Gasteiger partial charge in [-0.05, 0) is 39.8 Å². The molecule has 0 fully saturated rings. The molecule has 0 amide bonds. The third-order valence-electron chi connectivity index (χ3n) is 2.34. The van der Waals surface area contributed by atoms with Crippen LogP contribution >= 0.6 is 0 Å². The van der Waals surface area contributed by atoms with Gasteiger partial charge in [0, 0.05) is 11.6 Å². The van der Waals surface area contributed by atoms with Gasteiger partial charge in [0.05, 0.1) is 0 Å². The Labute approximate surface area is 83.5 Å². The fourth-order valence-electron chi connectivity index (χ4n) is 1.76. The molecule has 0 rings (SSSR count). The number of rotatable bonds is 3. The molecule has 0 aromatic heterocycles. The first kappa shape index (κ1) is 12.9. The fraction of sp³-hybridized carbons (Fsp3) is 1.00. The van der Waals surface area contributed by atoms with Gasteiger partial charge in [-0.25, -0.2) is 0 Å². The first-order chi connectivity index (χ1) is 5.54. The minimum absolute atomic E-state index is 0.0811. The Bertz CT molecular complexity index is 148. The van der Waals surface area contributed by atoms with Crippen LogP contribution in [0, 0.1) is 5.41 Å². The van der Waals surface area contributed by atoms with Gasteiger partial charge in [0.25, 0.3) is 0 Å². The average molecular weight is 186 g/mol. The van der Waals surface area contributed by atoms with Crippen molar-refractivity contribution in [2.75, 3.05) is 14.1 Å². The molecule has 80 valence electrons. The normalized spacial score (nSPS) is 16.4. The fourth-order valence-corrected chi connectivity index (χ4v) is 1.76. The predicted octanol–water partition coefficient (Wildman–Crippen LogP) is 2.09. The van der Waals surface area contributed by atoms with Crippen molar-refractivity contribution >= 4 is 0 Å². The van der Waals surface area contributed by atoms with Crippen molar-refractivity contribution < 1.29 is 0 Å². The van der Waals surface area contributed by atoms with Crippen LogP contribution < -0.4 is 5.73 Å². The van der Waals surface area contributed by atoms with Crippen LogP contribution in [-0.2, 0) is 0 Å². The lowest BCUT2D eigenvalue weighted by Crippen LogP contribution is -2.47. The van der Waals surface area contributed by atoms with Crippen LogP contribution in [0.1, 0.15) is 41.0 Å². The average Bonchev–Trinajstić information content (AvgIpc) is 1.77. The van der Waals surface area contributed by atoms with E-state index < -0.39 is 0 Å². The van der Waals surface area contributed by atoms with E-state index in [1.807, 2.05) is 0 Å². The summed E-state index contributed by atoms with van der Waals surface area (Å²) in [5, 5.41) is 0. The standard InChI is InChI=1S/C11H26N2/c1-10(2,3)9(13(6)7)8-11(4,5)12/h9H,8,12H2,1-7H3. The maximum atomic E-state index is 6.04. The van der Waals surface area contributed by atoms with Gasteiger partial charge in [0.15, 0.2) is 0 Å². The zero-order valence-electron chi connectivity index (χ0n) is 10.3. The lowest BCUT2D eigenvalue weighted by molar-refractivity contribution is 0.122. The van der Waals surface area contributed by atoms with Crippen molar-refractivity contribution in [3.63, 3.8) is 0 Å². The number of hydrogen-bond donors (Lipinski definition) is 1. The molecule has 0 spiro atoms. The zero-order chi connectivity index (χ0) is 10.9. The van der Waals surface area contributed by atoms with Crippen LogP contribution in [0.2, 0.25) is 0 Å². The van der Waals surface area contributed by atoms with Crippen molar-refractivity contribution in [1.29, 1.82) is 0 Å². The Morgan fingerprint density at radius 2 is 1.46 bits per heavy atom. The maximum absolute atomic E-state index is 6.04. The second kappa shape index (κ2) is 3.97. The SMILES string of the molecule is CN(C)C(CC(C)(C)N)C(C)(C)C. The van der Waals surface area contributed by atoms with Gasteiger partial charge in [0.2, 0.25) is 0 Å². The summed E-state index contributed by atoms with van der Waals surface area (Å²) in [6.45, 7) is 11.0. The quantitative estimate of drug-likeness (QED) is 0.731. The molecule has 0 aliphatic heterocycles. The van der Waals surface area contributed by atoms with E-state index in [1.54, 1.807) is 0 Å². The molecule has 0 bridgehead atoms. The molecule has 1 atom stereocenters. The highest BCUT2D eigenvalue weighted by atomic mass is 15.1. The summed E-state index contributed by atoms with van der Waals surface area (Å²) in [7, 11) is 4.25. The summed E-state index contributed by atoms with van der Waals surface area (Å²) in [5.41, 5.74) is 6.25. The maximum Gasteiger partial charge on any atom is 0.0155 e. The largest absolute Gasteiger partial charge is 0.326 e. The topological polar surface area (TPSA) is 29.3 Å². The third kappa shape index (κ3) is 5.27. The Morgan fingerprint density at radius 1 is 1.08 bits per heavy atom. The monoisotopic (exact) mass is 186 g/mol. The molecule has 0 saturated carbocycles. The number of hydrogen-bond acceptors (Lipinski definition) is 2. The molecule has 0 aliphatic carbocycles. The predicted molar refractivity (Wildman–Crippen MR) is 59.8 cm³/mol. The minimum Gasteiger partial charge on any atom is -0.326 e. The van der Waals surface area contributed by atoms with Crippen LogP contribution in [0.15, 0.2) is 0 Å². The first-order valence-electron chi connectivity index (χ1n) is 4.99. The molecule has 2 N–H and O–H groups in total. The van der Waals surface area contributed by atoms with E-state index in [1.165, 1.54) is 0 Å². The molecule has 2 heteroatoms. The van der Waals surface area contributed by atoms with Crippen molar-refractivity contribution in [2.24, 2.45) is 11.1 Å². The molecular weight excluding hydrogens is 160 g/mol. The van der Waals surface area contributed by atoms with Gasteiger partial charge >= 0.3 is 0 Å². The molecule has 0 aromatic rings. The lowest BCUT2D eigenvalue weighted by atomic mass is 9.79. The molecule has 2 nitrogen and oxygen atoms in total. The van der Waals surface area contributed by atoms with Gasteiger partial charge in [-0.3, -0.25) is 0 Å². The van der Waals surface area contributed by atoms with Gasteiger partial charge in [-0.2, -0.15) is 0 Å². The summed E-state index contributed by atoms with van der Waals surface area (Å²) >= 11 is 0. The van der Waals surface area contributed by atoms with Gasteiger partial charge in [-0.15, -0.1) is 0 Å². The van der Waals surface area contributed by atoms with Crippen LogP contribution in [0.25, 0.3) is 0 Å². The third-order valence-corrected chi connectivity index (χ3v) is 2.34. The molecule has 0 radical (unpaired) electrons. The van der Waals surface area contributed by atoms with Crippen molar-refractivity contribution in [3.8, 4) is 0 Å². The van der Waals surface area contributed by atoms with Crippen LogP contribution in [0.5, 0.6) is 0 Å². The molecule has 0 heterocycles. The second-order valence-electron chi connectivity index (χ2n) is 6.04. The second-order valence-corrected chi connectivity index (χ2v) is 6.04. The lowest BCUT2D eigenvalue weighted by Gasteiger charge is -2.39. The first-order valence-corrected chi connectivity index (χ1v) is 4.99. The van der Waals surface area contributed by atoms with Gasteiger partial charge < -0.3 is 10.6 Å². The zero-order valence-corrected chi connectivity index (χ0v) is 10.3. The number of nitrogens with two attached hydrogens (primary N) is 1. The van der Waals surface area contributed by atoms with Crippen molar-refractivity contribution in [3.05, 3.63) is 0 Å². The van der Waals surface area contributed by atoms with Crippen molar-refractivity contribution in [1.82, 2.24) is 4.90 Å². The van der Waals surface area contributed by atoms with E-state index in [-0.39, 0.29) is 5.54 Å². The van der Waals surface area contributed by atoms with E-state index >= 15 is 0 Å². The molecule has 0 aromatic carbocycles. The summed E-state index contributed by atoms with van der Waals surface area (Å²) < 4.78 is 0. The van der Waals surface area contributed by atoms with E-state index in [0.29, 0.717) is 11.5 Å². The highest BCUT2D eigenvalue weighted by Gasteiger charge is 2.30. The summed E-state index contributed by atoms with van der Waals surface area (Å²) in [5.74, 6) is 0. The summed E-state index contributed by atoms with van der Waals surface area (Å²) in [6.07, 6.45) is 1.03. The summed E-state index contributed by atoms with van der Waals surface area (Å²) in [6, 6.07) is 0.535. The van der Waals surface area contributed by atoms with Gasteiger partial charge in [0.1, 0.15) is 0 Å². The molecule has 0 aliphatic rings. The Kier molecular flexibility index (Phi) is 3.95. The van der Waals surface area contributed by atoms with Crippen LogP contribution in [0.3, 0.4) is 0 Å². The van der Waals surface area contributed by atoms with E-state index in [9.17, 15) is 0 Å². The highest BCUT2D eigenvalue weighted by Crippen LogP contribution is 2.28. The molecule has 0 saturated heterocycles. The summed E-state index contributed by atoms with van der Waals surface area (Å²) in [4.78, 5) is 2.27. The number of nitrogens with zero attached hydrogens (tertiary/aromatic N) is 1. The highest BCUT2D eigenvalue weighted by molar-refractivity contribution is 4.87. The van der Waals surface area contributed by atoms with E-state index in [2.05, 4.69) is 53.6 Å². The Morgan fingerprint density at radius 3 is 1.54 bits per heavy atom. The molecule has 13 heavy (non-hydrogen) atoms.